The van der Waals surface area contributed by atoms with Crippen molar-refractivity contribution in [1.29, 1.82) is 0 Å². The van der Waals surface area contributed by atoms with Gasteiger partial charge in [0, 0.05) is 19.8 Å². The Hall–Kier alpha value is -0.240. The first-order valence-electron chi connectivity index (χ1n) is 3.33. The lowest BCUT2D eigenvalue weighted by Gasteiger charge is -1.52. The zero-order valence-corrected chi connectivity index (χ0v) is 8.19. The lowest BCUT2D eigenvalue weighted by Crippen LogP contribution is -1.72. The molecule has 0 aromatic heterocycles. The van der Waals surface area contributed by atoms with E-state index in [1.165, 1.54) is 0 Å². The van der Waals surface area contributed by atoms with Crippen molar-refractivity contribution in [2.45, 2.75) is 20.8 Å². The molecule has 6 heteroatoms. The van der Waals surface area contributed by atoms with E-state index in [1.807, 2.05) is 0 Å². The first-order chi connectivity index (χ1) is 5.24. The van der Waals surface area contributed by atoms with Crippen LogP contribution in [0, 0.1) is 0 Å². The molecule has 9 N–H and O–H groups in total. The van der Waals surface area contributed by atoms with E-state index in [1.54, 1.807) is 20.8 Å². The Morgan fingerprint density at radius 2 is 0.750 bits per heavy atom. The number of hydrogen-bond donors (Lipinski definition) is 6. The molecule has 0 radical (unpaired) electrons. The second kappa shape index (κ2) is 135. The van der Waals surface area contributed by atoms with Gasteiger partial charge in [-0.15, -0.1) is 0 Å². The number of hydrogen-bond acceptors (Lipinski definition) is 6. The van der Waals surface area contributed by atoms with Crippen molar-refractivity contribution in [3.8, 4) is 0 Å². The number of aliphatic hydroxyl groups excluding tert-OH is 3. The first-order valence-corrected chi connectivity index (χ1v) is 3.33. The number of nitrogens with two attached hydrogens (primary N) is 1. The fourth-order valence-corrected chi connectivity index (χ4v) is 0. The maximum atomic E-state index is 7.57. The molecule has 0 saturated heterocycles. The average molecular weight is 188 g/mol. The minimum Gasteiger partial charge on any atom is -0.397 e. The Morgan fingerprint density at radius 3 is 0.750 bits per heavy atom. The van der Waals surface area contributed by atoms with Crippen LogP contribution in [0.2, 0.25) is 0 Å². The molecule has 82 valence electrons. The molecule has 0 aliphatic rings. The fourth-order valence-electron chi connectivity index (χ4n) is 0. The van der Waals surface area contributed by atoms with E-state index >= 15 is 0 Å². The van der Waals surface area contributed by atoms with Crippen LogP contribution in [0.5, 0.6) is 0 Å². The van der Waals surface area contributed by atoms with Crippen molar-refractivity contribution in [2.24, 2.45) is 5.90 Å². The van der Waals surface area contributed by atoms with Crippen molar-refractivity contribution in [3.05, 3.63) is 0 Å². The smallest absolute Gasteiger partial charge is 0.0402 e. The van der Waals surface area contributed by atoms with Crippen LogP contribution in [-0.2, 0) is 0 Å². The summed E-state index contributed by atoms with van der Waals surface area (Å²) in [5.74, 6) is 3.50. The summed E-state index contributed by atoms with van der Waals surface area (Å²) in [7, 11) is 0. The monoisotopic (exact) mass is 188 g/mol. The highest BCUT2D eigenvalue weighted by atomic mass is 16.4. The van der Waals surface area contributed by atoms with Gasteiger partial charge in [-0.1, -0.05) is 0 Å². The summed E-state index contributed by atoms with van der Waals surface area (Å²) < 4.78 is 0. The van der Waals surface area contributed by atoms with Crippen LogP contribution in [0.3, 0.4) is 0 Å². The number of rotatable bonds is 0. The predicted octanol–water partition coefficient (Wildman–Crippen LogP) is -0.508. The van der Waals surface area contributed by atoms with E-state index in [0.717, 1.165) is 0 Å². The molecule has 0 aliphatic carbocycles. The lowest BCUT2D eigenvalue weighted by molar-refractivity contribution is 0.311. The maximum absolute atomic E-state index is 7.57. The molecule has 0 heterocycles. The summed E-state index contributed by atoms with van der Waals surface area (Å²) in [4.78, 5) is 0. The van der Waals surface area contributed by atoms with Gasteiger partial charge < -0.3 is 26.7 Å². The molecule has 0 amide bonds. The third-order valence-electron chi connectivity index (χ3n) is 0. The molecule has 0 aromatic carbocycles. The van der Waals surface area contributed by atoms with Gasteiger partial charge in [0.1, 0.15) is 0 Å². The minimum absolute atomic E-state index is 0. The van der Waals surface area contributed by atoms with E-state index in [2.05, 4.69) is 5.90 Å². The molecular formula is C6H24N2O4. The molecule has 0 bridgehead atoms. The van der Waals surface area contributed by atoms with Crippen LogP contribution in [-0.4, -0.2) is 40.3 Å². The van der Waals surface area contributed by atoms with Crippen molar-refractivity contribution in [1.82, 2.24) is 6.15 Å². The summed E-state index contributed by atoms with van der Waals surface area (Å²) in [6.45, 7) is 5.79. The molecule has 0 saturated carbocycles. The highest BCUT2D eigenvalue weighted by Crippen LogP contribution is 1.30. The van der Waals surface area contributed by atoms with E-state index in [0.29, 0.717) is 0 Å². The summed E-state index contributed by atoms with van der Waals surface area (Å²) in [5.41, 5.74) is 0. The van der Waals surface area contributed by atoms with E-state index < -0.39 is 0 Å². The van der Waals surface area contributed by atoms with Crippen LogP contribution in [0.25, 0.3) is 0 Å². The van der Waals surface area contributed by atoms with Crippen LogP contribution in [0.1, 0.15) is 20.8 Å². The Balaban J connectivity index is -0.0000000179. The van der Waals surface area contributed by atoms with Gasteiger partial charge in [0.05, 0.1) is 0 Å². The third kappa shape index (κ3) is 13000. The van der Waals surface area contributed by atoms with Crippen LogP contribution in [0.15, 0.2) is 0 Å². The molecule has 0 atom stereocenters. The third-order valence-corrected chi connectivity index (χ3v) is 0. The van der Waals surface area contributed by atoms with Crippen LogP contribution < -0.4 is 12.0 Å². The number of aliphatic hydroxyl groups is 3. The topological polar surface area (TPSA) is 142 Å². The molecule has 6 nitrogen and oxygen atoms in total. The second-order valence-electron chi connectivity index (χ2n) is 0.949. The normalized spacial score (nSPS) is 5.00. The standard InChI is InChI=1S/3C2H6O.H3NO.H3N/c3*1-2-3;1-2;/h3*3H,2H2,1H3;2H,1H2;1H3. The van der Waals surface area contributed by atoms with Crippen molar-refractivity contribution < 1.29 is 20.5 Å². The van der Waals surface area contributed by atoms with Gasteiger partial charge in [0.15, 0.2) is 0 Å². The second-order valence-corrected chi connectivity index (χ2v) is 0.949. The van der Waals surface area contributed by atoms with Gasteiger partial charge in [0.2, 0.25) is 0 Å². The van der Waals surface area contributed by atoms with Gasteiger partial charge in [-0.05, 0) is 20.8 Å². The Kier molecular flexibility index (Phi) is 334. The van der Waals surface area contributed by atoms with Crippen LogP contribution in [0.4, 0.5) is 0 Å². The summed E-state index contributed by atoms with van der Waals surface area (Å²) in [5, 5.41) is 29.2. The molecule has 0 aliphatic heterocycles. The summed E-state index contributed by atoms with van der Waals surface area (Å²) in [6, 6.07) is 0. The van der Waals surface area contributed by atoms with E-state index in [-0.39, 0.29) is 26.0 Å². The van der Waals surface area contributed by atoms with Gasteiger partial charge in [0.25, 0.3) is 0 Å². The Morgan fingerprint density at radius 1 is 0.750 bits per heavy atom. The maximum Gasteiger partial charge on any atom is 0.0402 e. The summed E-state index contributed by atoms with van der Waals surface area (Å²) in [6.07, 6.45) is 0. The highest BCUT2D eigenvalue weighted by Gasteiger charge is 1.35. The average Bonchev–Trinajstić information content (AvgIpc) is 1.96. The van der Waals surface area contributed by atoms with E-state index in [9.17, 15) is 0 Å². The quantitative estimate of drug-likeness (QED) is 0.283. The zero-order valence-electron chi connectivity index (χ0n) is 8.19. The Labute approximate surface area is 74.2 Å². The molecule has 0 unspecified atom stereocenters. The van der Waals surface area contributed by atoms with Gasteiger partial charge in [-0.3, -0.25) is 0 Å². The minimum atomic E-state index is 0. The summed E-state index contributed by atoms with van der Waals surface area (Å²) >= 11 is 0. The van der Waals surface area contributed by atoms with Gasteiger partial charge >= 0.3 is 0 Å². The highest BCUT2D eigenvalue weighted by molar-refractivity contribution is 3.84. The van der Waals surface area contributed by atoms with Gasteiger partial charge in [-0.25, -0.2) is 5.90 Å². The Bertz CT molecular complexity index is 22.3. The van der Waals surface area contributed by atoms with Crippen molar-refractivity contribution in [2.75, 3.05) is 19.8 Å². The molecular weight excluding hydrogens is 164 g/mol. The fraction of sp³-hybridized carbons (Fsp3) is 1.00. The molecule has 0 fully saturated rings. The van der Waals surface area contributed by atoms with Gasteiger partial charge in [-0.2, -0.15) is 0 Å². The lowest BCUT2D eigenvalue weighted by atomic mass is 10.9. The first kappa shape index (κ1) is 29.8. The largest absolute Gasteiger partial charge is 0.397 e. The predicted molar refractivity (Wildman–Crippen MR) is 49.3 cm³/mol. The zero-order chi connectivity index (χ0) is 10.1. The molecule has 0 aromatic rings. The van der Waals surface area contributed by atoms with E-state index in [4.69, 9.17) is 20.5 Å². The van der Waals surface area contributed by atoms with Crippen molar-refractivity contribution in [3.63, 3.8) is 0 Å². The SMILES string of the molecule is CCO.CCO.CCO.N.NO. The molecule has 0 spiro atoms. The van der Waals surface area contributed by atoms with Crippen molar-refractivity contribution >= 4 is 0 Å². The van der Waals surface area contributed by atoms with Crippen LogP contribution >= 0.6 is 0 Å². The molecule has 12 heavy (non-hydrogen) atoms. The molecule has 0 rings (SSSR count).